The molecule has 0 saturated carbocycles. The Bertz CT molecular complexity index is 379. The molecule has 2 unspecified atom stereocenters. The van der Waals surface area contributed by atoms with Crippen LogP contribution >= 0.6 is 0 Å². The molecule has 1 saturated heterocycles. The molecule has 1 heterocycles. The first-order valence-corrected chi connectivity index (χ1v) is 6.84. The van der Waals surface area contributed by atoms with Gasteiger partial charge in [-0.2, -0.15) is 0 Å². The van der Waals surface area contributed by atoms with E-state index >= 15 is 0 Å². The standard InChI is InChI=1S/C15H24N2O/c1-4-15-11-13(8-9-18-15)16-12-6-5-7-14(10-12)17(2)3/h5-7,10,13,15-16H,4,8-9,11H2,1-3H3. The lowest BCUT2D eigenvalue weighted by molar-refractivity contribution is 0.00926. The molecule has 1 aliphatic rings. The number of hydrogen-bond donors (Lipinski definition) is 1. The third kappa shape index (κ3) is 3.39. The van der Waals surface area contributed by atoms with E-state index in [1.165, 1.54) is 11.4 Å². The lowest BCUT2D eigenvalue weighted by atomic mass is 10.0. The summed E-state index contributed by atoms with van der Waals surface area (Å²) in [5, 5.41) is 3.63. The molecule has 2 atom stereocenters. The maximum Gasteiger partial charge on any atom is 0.0592 e. The summed E-state index contributed by atoms with van der Waals surface area (Å²) in [6, 6.07) is 9.12. The van der Waals surface area contributed by atoms with Crippen LogP contribution in [0.1, 0.15) is 26.2 Å². The quantitative estimate of drug-likeness (QED) is 0.886. The van der Waals surface area contributed by atoms with Gasteiger partial charge in [0.2, 0.25) is 0 Å². The Balaban J connectivity index is 1.98. The van der Waals surface area contributed by atoms with Crippen molar-refractivity contribution in [1.82, 2.24) is 0 Å². The van der Waals surface area contributed by atoms with E-state index < -0.39 is 0 Å². The van der Waals surface area contributed by atoms with Crippen LogP contribution in [0.4, 0.5) is 11.4 Å². The number of nitrogens with one attached hydrogen (secondary N) is 1. The van der Waals surface area contributed by atoms with Gasteiger partial charge < -0.3 is 15.0 Å². The second kappa shape index (κ2) is 6.10. The van der Waals surface area contributed by atoms with Crippen molar-refractivity contribution in [3.8, 4) is 0 Å². The zero-order chi connectivity index (χ0) is 13.0. The molecule has 0 spiro atoms. The normalized spacial score (nSPS) is 23.7. The average molecular weight is 248 g/mol. The monoisotopic (exact) mass is 248 g/mol. The highest BCUT2D eigenvalue weighted by atomic mass is 16.5. The predicted molar refractivity (Wildman–Crippen MR) is 77.4 cm³/mol. The second-order valence-corrected chi connectivity index (χ2v) is 5.21. The van der Waals surface area contributed by atoms with Gasteiger partial charge in [-0.05, 0) is 37.5 Å². The molecule has 18 heavy (non-hydrogen) atoms. The van der Waals surface area contributed by atoms with Crippen LogP contribution in [0.3, 0.4) is 0 Å². The van der Waals surface area contributed by atoms with Crippen LogP contribution in [0.5, 0.6) is 0 Å². The van der Waals surface area contributed by atoms with Crippen LogP contribution in [0.15, 0.2) is 24.3 Å². The molecule has 1 aliphatic heterocycles. The Morgan fingerprint density at radius 2 is 2.22 bits per heavy atom. The van der Waals surface area contributed by atoms with Crippen LogP contribution in [-0.4, -0.2) is 32.8 Å². The summed E-state index contributed by atoms with van der Waals surface area (Å²) < 4.78 is 5.71. The number of anilines is 2. The number of rotatable bonds is 4. The topological polar surface area (TPSA) is 24.5 Å². The zero-order valence-electron chi connectivity index (χ0n) is 11.6. The van der Waals surface area contributed by atoms with Gasteiger partial charge >= 0.3 is 0 Å². The number of ether oxygens (including phenoxy) is 1. The maximum absolute atomic E-state index is 5.71. The Labute approximate surface area is 110 Å². The molecule has 1 aromatic rings. The summed E-state index contributed by atoms with van der Waals surface area (Å²) in [4.78, 5) is 2.13. The summed E-state index contributed by atoms with van der Waals surface area (Å²) in [6.45, 7) is 3.07. The summed E-state index contributed by atoms with van der Waals surface area (Å²) in [5.74, 6) is 0. The predicted octanol–water partition coefficient (Wildman–Crippen LogP) is 3.12. The highest BCUT2D eigenvalue weighted by Crippen LogP contribution is 2.23. The van der Waals surface area contributed by atoms with Crippen LogP contribution < -0.4 is 10.2 Å². The van der Waals surface area contributed by atoms with Gasteiger partial charge in [-0.3, -0.25) is 0 Å². The molecular formula is C15H24N2O. The first kappa shape index (κ1) is 13.2. The Morgan fingerprint density at radius 3 is 2.94 bits per heavy atom. The maximum atomic E-state index is 5.71. The van der Waals surface area contributed by atoms with Crippen LogP contribution in [0, 0.1) is 0 Å². The fourth-order valence-electron chi connectivity index (χ4n) is 2.41. The Kier molecular flexibility index (Phi) is 4.48. The summed E-state index contributed by atoms with van der Waals surface area (Å²) in [7, 11) is 4.14. The Morgan fingerprint density at radius 1 is 1.39 bits per heavy atom. The molecule has 1 N–H and O–H groups in total. The number of hydrogen-bond acceptors (Lipinski definition) is 3. The molecule has 1 aromatic carbocycles. The Hall–Kier alpha value is -1.22. The van der Waals surface area contributed by atoms with E-state index in [0.717, 1.165) is 25.9 Å². The van der Waals surface area contributed by atoms with Gasteiger partial charge in [0.1, 0.15) is 0 Å². The lowest BCUT2D eigenvalue weighted by Gasteiger charge is -2.30. The van der Waals surface area contributed by atoms with Crippen LogP contribution in [0.2, 0.25) is 0 Å². The number of benzene rings is 1. The van der Waals surface area contributed by atoms with Crippen molar-refractivity contribution in [1.29, 1.82) is 0 Å². The third-order valence-electron chi connectivity index (χ3n) is 3.56. The first-order valence-electron chi connectivity index (χ1n) is 6.84. The molecule has 0 aromatic heterocycles. The lowest BCUT2D eigenvalue weighted by Crippen LogP contribution is -2.33. The summed E-state index contributed by atoms with van der Waals surface area (Å²) in [6.07, 6.45) is 3.75. The minimum atomic E-state index is 0.424. The van der Waals surface area contributed by atoms with E-state index in [2.05, 4.69) is 55.5 Å². The van der Waals surface area contributed by atoms with Gasteiger partial charge in [-0.25, -0.2) is 0 Å². The van der Waals surface area contributed by atoms with Crippen molar-refractivity contribution >= 4 is 11.4 Å². The molecule has 0 amide bonds. The molecule has 0 aliphatic carbocycles. The van der Waals surface area contributed by atoms with E-state index in [1.807, 2.05) is 0 Å². The highest BCUT2D eigenvalue weighted by molar-refractivity contribution is 5.57. The van der Waals surface area contributed by atoms with E-state index in [4.69, 9.17) is 4.74 Å². The minimum Gasteiger partial charge on any atom is -0.382 e. The van der Waals surface area contributed by atoms with Gasteiger partial charge in [-0.1, -0.05) is 13.0 Å². The van der Waals surface area contributed by atoms with Crippen LogP contribution in [-0.2, 0) is 4.74 Å². The highest BCUT2D eigenvalue weighted by Gasteiger charge is 2.20. The summed E-state index contributed by atoms with van der Waals surface area (Å²) in [5.41, 5.74) is 2.45. The van der Waals surface area contributed by atoms with Gasteiger partial charge in [0.05, 0.1) is 6.10 Å². The van der Waals surface area contributed by atoms with Crippen LogP contribution in [0.25, 0.3) is 0 Å². The van der Waals surface area contributed by atoms with Gasteiger partial charge in [-0.15, -0.1) is 0 Å². The fraction of sp³-hybridized carbons (Fsp3) is 0.600. The molecule has 0 bridgehead atoms. The molecule has 0 radical (unpaired) electrons. The smallest absolute Gasteiger partial charge is 0.0592 e. The zero-order valence-corrected chi connectivity index (χ0v) is 11.6. The molecule has 1 fully saturated rings. The second-order valence-electron chi connectivity index (χ2n) is 5.21. The average Bonchev–Trinajstić information content (AvgIpc) is 2.39. The van der Waals surface area contributed by atoms with Crippen molar-refractivity contribution in [3.05, 3.63) is 24.3 Å². The van der Waals surface area contributed by atoms with Crippen molar-refractivity contribution in [2.24, 2.45) is 0 Å². The van der Waals surface area contributed by atoms with Gasteiger partial charge in [0.15, 0.2) is 0 Å². The van der Waals surface area contributed by atoms with Crippen molar-refractivity contribution in [3.63, 3.8) is 0 Å². The molecule has 3 heteroatoms. The molecule has 3 nitrogen and oxygen atoms in total. The fourth-order valence-corrected chi connectivity index (χ4v) is 2.41. The molecule has 100 valence electrons. The van der Waals surface area contributed by atoms with Crippen molar-refractivity contribution in [2.75, 3.05) is 30.9 Å². The van der Waals surface area contributed by atoms with Crippen molar-refractivity contribution < 1.29 is 4.74 Å². The largest absolute Gasteiger partial charge is 0.382 e. The number of nitrogens with zero attached hydrogens (tertiary/aromatic N) is 1. The molecular weight excluding hydrogens is 224 g/mol. The van der Waals surface area contributed by atoms with E-state index in [-0.39, 0.29) is 0 Å². The van der Waals surface area contributed by atoms with Gasteiger partial charge in [0, 0.05) is 38.1 Å². The first-order chi connectivity index (χ1) is 8.69. The minimum absolute atomic E-state index is 0.424. The summed E-state index contributed by atoms with van der Waals surface area (Å²) >= 11 is 0. The third-order valence-corrected chi connectivity index (χ3v) is 3.56. The van der Waals surface area contributed by atoms with Gasteiger partial charge in [0.25, 0.3) is 0 Å². The van der Waals surface area contributed by atoms with E-state index in [9.17, 15) is 0 Å². The van der Waals surface area contributed by atoms with E-state index in [1.54, 1.807) is 0 Å². The van der Waals surface area contributed by atoms with Crippen molar-refractivity contribution in [2.45, 2.75) is 38.3 Å². The van der Waals surface area contributed by atoms with E-state index in [0.29, 0.717) is 12.1 Å². The molecule has 2 rings (SSSR count). The SMILES string of the molecule is CCC1CC(Nc2cccc(N(C)C)c2)CCO1.